The van der Waals surface area contributed by atoms with Gasteiger partial charge in [-0.3, -0.25) is 4.68 Å². The lowest BCUT2D eigenvalue weighted by Gasteiger charge is -2.21. The molecule has 2 N–H and O–H groups in total. The summed E-state index contributed by atoms with van der Waals surface area (Å²) in [6, 6.07) is 2.94. The van der Waals surface area contributed by atoms with Gasteiger partial charge in [-0.15, -0.1) is 0 Å². The number of hydrogen-bond donors (Lipinski definition) is 2. The molecule has 1 aromatic carbocycles. The molecule has 220 valence electrons. The Morgan fingerprint density at radius 3 is 2.44 bits per heavy atom. The number of aliphatic hydroxyl groups is 1. The molecule has 1 aliphatic rings. The number of alkyl halides is 3. The SMILES string of the molecule is CC(C)(O)Cn1cc(-c2nc(Nc3ccc(S(=O)(=O)N=CC4CCC(C=O)CC4)cc3F)ncc2C(F)(F)F)cn1. The Hall–Kier alpha value is -3.72. The maximum atomic E-state index is 14.9. The number of benzene rings is 1. The van der Waals surface area contributed by atoms with E-state index in [2.05, 4.69) is 24.8 Å². The lowest BCUT2D eigenvalue weighted by atomic mass is 9.83. The quantitative estimate of drug-likeness (QED) is 0.205. The summed E-state index contributed by atoms with van der Waals surface area (Å²) in [5.41, 5.74) is -3.12. The van der Waals surface area contributed by atoms with Crippen molar-refractivity contribution >= 4 is 34.2 Å². The van der Waals surface area contributed by atoms with Gasteiger partial charge in [-0.2, -0.15) is 31.1 Å². The summed E-state index contributed by atoms with van der Waals surface area (Å²) in [4.78, 5) is 18.1. The lowest BCUT2D eigenvalue weighted by Crippen LogP contribution is -2.26. The van der Waals surface area contributed by atoms with E-state index in [1.807, 2.05) is 0 Å². The molecule has 0 bridgehead atoms. The number of anilines is 2. The Balaban J connectivity index is 1.55. The number of rotatable bonds is 9. The Morgan fingerprint density at radius 2 is 1.83 bits per heavy atom. The molecule has 2 aromatic heterocycles. The summed E-state index contributed by atoms with van der Waals surface area (Å²) in [5.74, 6) is -1.54. The minimum absolute atomic E-state index is 0.00792. The molecule has 0 saturated heterocycles. The zero-order valence-electron chi connectivity index (χ0n) is 22.1. The Labute approximate surface area is 233 Å². The number of carbonyl (C=O) groups is 1. The fourth-order valence-corrected chi connectivity index (χ4v) is 5.32. The molecule has 0 spiro atoms. The van der Waals surface area contributed by atoms with Crippen molar-refractivity contribution in [1.29, 1.82) is 0 Å². The van der Waals surface area contributed by atoms with Crippen LogP contribution >= 0.6 is 0 Å². The second-order valence-electron chi connectivity index (χ2n) is 10.5. The number of halogens is 4. The molecule has 0 radical (unpaired) electrons. The number of aromatic nitrogens is 4. The van der Waals surface area contributed by atoms with Crippen LogP contribution in [0.2, 0.25) is 0 Å². The summed E-state index contributed by atoms with van der Waals surface area (Å²) in [7, 11) is -4.22. The van der Waals surface area contributed by atoms with E-state index in [0.717, 1.165) is 30.7 Å². The largest absolute Gasteiger partial charge is 0.419 e. The molecule has 0 amide bonds. The van der Waals surface area contributed by atoms with Gasteiger partial charge < -0.3 is 15.2 Å². The van der Waals surface area contributed by atoms with E-state index in [-0.39, 0.29) is 35.6 Å². The van der Waals surface area contributed by atoms with E-state index >= 15 is 0 Å². The Morgan fingerprint density at radius 1 is 1.15 bits per heavy atom. The molecule has 1 saturated carbocycles. The van der Waals surface area contributed by atoms with Gasteiger partial charge in [-0.1, -0.05) is 0 Å². The molecule has 3 aromatic rings. The second-order valence-corrected chi connectivity index (χ2v) is 12.1. The van der Waals surface area contributed by atoms with Crippen molar-refractivity contribution in [1.82, 2.24) is 19.7 Å². The van der Waals surface area contributed by atoms with Crippen LogP contribution in [0.4, 0.5) is 29.2 Å². The number of sulfonamides is 1. The third-order valence-electron chi connectivity index (χ3n) is 6.45. The summed E-state index contributed by atoms with van der Waals surface area (Å²) < 4.78 is 86.2. The first-order chi connectivity index (χ1) is 19.1. The van der Waals surface area contributed by atoms with Crippen LogP contribution in [0.25, 0.3) is 11.3 Å². The first-order valence-corrected chi connectivity index (χ1v) is 14.1. The first kappa shape index (κ1) is 30.2. The van der Waals surface area contributed by atoms with Crippen LogP contribution in [0.5, 0.6) is 0 Å². The number of hydrogen-bond acceptors (Lipinski definition) is 8. The zero-order valence-corrected chi connectivity index (χ0v) is 23.0. The summed E-state index contributed by atoms with van der Waals surface area (Å²) in [6.45, 7) is 3.04. The minimum Gasteiger partial charge on any atom is -0.389 e. The number of nitrogens with zero attached hydrogens (tertiary/aromatic N) is 5. The van der Waals surface area contributed by atoms with Crippen molar-refractivity contribution in [2.24, 2.45) is 16.2 Å². The average Bonchev–Trinajstić information content (AvgIpc) is 3.35. The monoisotopic (exact) mass is 596 g/mol. The predicted molar refractivity (Wildman–Crippen MR) is 141 cm³/mol. The molecule has 0 unspecified atom stereocenters. The molecule has 15 heteroatoms. The molecule has 0 aliphatic heterocycles. The van der Waals surface area contributed by atoms with Crippen LogP contribution in [0.3, 0.4) is 0 Å². The van der Waals surface area contributed by atoms with Crippen molar-refractivity contribution in [2.45, 2.75) is 62.7 Å². The molecular weight excluding hydrogens is 568 g/mol. The average molecular weight is 597 g/mol. The van der Waals surface area contributed by atoms with Gasteiger partial charge in [0, 0.05) is 30.1 Å². The lowest BCUT2D eigenvalue weighted by molar-refractivity contribution is -0.137. The molecule has 10 nitrogen and oxygen atoms in total. The van der Waals surface area contributed by atoms with E-state index in [9.17, 15) is 35.9 Å². The summed E-state index contributed by atoms with van der Waals surface area (Å²) >= 11 is 0. The van der Waals surface area contributed by atoms with Crippen molar-refractivity contribution in [2.75, 3.05) is 5.32 Å². The fraction of sp³-hybridized carbons (Fsp3) is 0.423. The van der Waals surface area contributed by atoms with Gasteiger partial charge in [0.1, 0.15) is 17.7 Å². The molecule has 4 rings (SSSR count). The van der Waals surface area contributed by atoms with Crippen molar-refractivity contribution in [3.8, 4) is 11.3 Å². The Kier molecular flexibility index (Phi) is 8.59. The molecular formula is C26H28F4N6O4S. The van der Waals surface area contributed by atoms with Gasteiger partial charge in [0.05, 0.1) is 34.6 Å². The van der Waals surface area contributed by atoms with E-state index < -0.39 is 43.8 Å². The number of nitrogens with one attached hydrogen (secondary N) is 1. The highest BCUT2D eigenvalue weighted by Crippen LogP contribution is 2.36. The van der Waals surface area contributed by atoms with Gasteiger partial charge in [-0.25, -0.2) is 14.4 Å². The van der Waals surface area contributed by atoms with Crippen molar-refractivity contribution in [3.63, 3.8) is 0 Å². The van der Waals surface area contributed by atoms with Gasteiger partial charge >= 0.3 is 6.18 Å². The maximum Gasteiger partial charge on any atom is 0.419 e. The van der Waals surface area contributed by atoms with Crippen LogP contribution in [-0.2, 0) is 27.5 Å². The third-order valence-corrected chi connectivity index (χ3v) is 7.70. The van der Waals surface area contributed by atoms with Gasteiger partial charge in [0.2, 0.25) is 5.95 Å². The van der Waals surface area contributed by atoms with Gasteiger partial charge in [-0.05, 0) is 63.6 Å². The number of aldehydes is 1. The summed E-state index contributed by atoms with van der Waals surface area (Å²) in [5, 5.41) is 16.4. The van der Waals surface area contributed by atoms with E-state index in [4.69, 9.17) is 0 Å². The molecule has 0 atom stereocenters. The van der Waals surface area contributed by atoms with Crippen LogP contribution in [0, 0.1) is 17.7 Å². The number of carbonyl (C=O) groups excluding carboxylic acids is 1. The minimum atomic E-state index is -4.80. The molecule has 1 fully saturated rings. The first-order valence-electron chi connectivity index (χ1n) is 12.7. The normalized spacial score (nSPS) is 18.5. The highest BCUT2D eigenvalue weighted by Gasteiger charge is 2.36. The zero-order chi connectivity index (χ0) is 30.0. The molecule has 41 heavy (non-hydrogen) atoms. The van der Waals surface area contributed by atoms with Crippen LogP contribution in [0.1, 0.15) is 45.1 Å². The fourth-order valence-electron chi connectivity index (χ4n) is 4.37. The third kappa shape index (κ3) is 7.73. The predicted octanol–water partition coefficient (Wildman–Crippen LogP) is 4.78. The van der Waals surface area contributed by atoms with Crippen LogP contribution in [-0.4, -0.2) is 51.4 Å². The van der Waals surface area contributed by atoms with E-state index in [1.165, 1.54) is 30.9 Å². The van der Waals surface area contributed by atoms with E-state index in [1.54, 1.807) is 0 Å². The summed E-state index contributed by atoms with van der Waals surface area (Å²) in [6.07, 6.45) is 2.92. The van der Waals surface area contributed by atoms with Crippen molar-refractivity contribution in [3.05, 3.63) is 48.2 Å². The maximum absolute atomic E-state index is 14.9. The molecule has 2 heterocycles. The van der Waals surface area contributed by atoms with Gasteiger partial charge in [0.25, 0.3) is 10.0 Å². The van der Waals surface area contributed by atoms with Crippen molar-refractivity contribution < 1.29 is 35.9 Å². The smallest absolute Gasteiger partial charge is 0.389 e. The van der Waals surface area contributed by atoms with Gasteiger partial charge in [0.15, 0.2) is 0 Å². The highest BCUT2D eigenvalue weighted by atomic mass is 32.2. The van der Waals surface area contributed by atoms with Crippen LogP contribution < -0.4 is 5.32 Å². The van der Waals surface area contributed by atoms with E-state index in [0.29, 0.717) is 31.9 Å². The Bertz CT molecular complexity index is 1540. The second kappa shape index (κ2) is 11.6. The highest BCUT2D eigenvalue weighted by molar-refractivity contribution is 7.90. The topological polar surface area (TPSA) is 139 Å². The van der Waals surface area contributed by atoms with Crippen LogP contribution in [0.15, 0.2) is 46.1 Å². The molecule has 1 aliphatic carbocycles. The standard InChI is InChI=1S/C26H28F4N6O4S/c1-25(2,38)15-36-13-18(11-32-36)23-20(26(28,29)30)12-31-24(35-23)34-22-8-7-19(9-21(22)27)41(39,40)33-10-16-3-5-17(14-37)6-4-16/h7-14,16-17,38H,3-6,15H2,1-2H3,(H,31,34,35).